The van der Waals surface area contributed by atoms with Gasteiger partial charge < -0.3 is 20.1 Å². The molecule has 3 aromatic rings. The number of methoxy groups -OCH3 is 2. The highest BCUT2D eigenvalue weighted by molar-refractivity contribution is 5.93. The lowest BCUT2D eigenvalue weighted by Gasteiger charge is -2.28. The fourth-order valence-corrected chi connectivity index (χ4v) is 4.53. The summed E-state index contributed by atoms with van der Waals surface area (Å²) >= 11 is 0. The molecule has 1 aliphatic carbocycles. The molecule has 0 atom stereocenters. The van der Waals surface area contributed by atoms with Crippen LogP contribution in [-0.2, 0) is 22.6 Å². The van der Waals surface area contributed by atoms with Crippen LogP contribution in [0, 0.1) is 12.8 Å². The summed E-state index contributed by atoms with van der Waals surface area (Å²) in [6.07, 6.45) is 3.78. The molecule has 1 aliphatic rings. The molecule has 1 fully saturated rings. The normalized spacial score (nSPS) is 17.3. The number of hydrogen-bond donors (Lipinski definition) is 2. The van der Waals surface area contributed by atoms with Gasteiger partial charge in [0.1, 0.15) is 18.1 Å². The van der Waals surface area contributed by atoms with Crippen molar-refractivity contribution < 1.29 is 19.1 Å². The number of aryl methyl sites for hydroxylation is 1. The average Bonchev–Trinajstić information content (AvgIpc) is 3.37. The molecule has 11 heteroatoms. The summed E-state index contributed by atoms with van der Waals surface area (Å²) in [5.74, 6) is 1.24. The standard InChI is InChI=1S/C26H33N7O4/c1-17-11-20(13-23(28-17)26(35)27-14-19-5-4-6-22(12-19)37-3)25-30-32-33(31-25)15-18-7-9-21(10-8-18)29-24(34)16-36-2/h4-6,11-13,18,21H,7-10,14-16H2,1-3H3,(H,27,35)(H,29,34). The van der Waals surface area contributed by atoms with E-state index < -0.39 is 0 Å². The minimum Gasteiger partial charge on any atom is -0.497 e. The first-order valence-electron chi connectivity index (χ1n) is 12.4. The number of hydrogen-bond acceptors (Lipinski definition) is 8. The SMILES string of the molecule is COCC(=O)NC1CCC(Cn2nnc(-c3cc(C)nc(C(=O)NCc4cccc(OC)c4)c3)n2)CC1. The molecule has 4 rings (SSSR count). The Kier molecular flexibility index (Phi) is 8.78. The zero-order valence-corrected chi connectivity index (χ0v) is 21.4. The minimum absolute atomic E-state index is 0.0745. The van der Waals surface area contributed by atoms with E-state index in [4.69, 9.17) is 9.47 Å². The molecule has 0 spiro atoms. The van der Waals surface area contributed by atoms with Gasteiger partial charge in [0, 0.05) is 31.0 Å². The van der Waals surface area contributed by atoms with Crippen molar-refractivity contribution in [3.8, 4) is 17.1 Å². The van der Waals surface area contributed by atoms with Crippen molar-refractivity contribution in [3.05, 3.63) is 53.3 Å². The smallest absolute Gasteiger partial charge is 0.270 e. The Morgan fingerprint density at radius 1 is 1.11 bits per heavy atom. The van der Waals surface area contributed by atoms with Gasteiger partial charge in [-0.3, -0.25) is 9.59 Å². The van der Waals surface area contributed by atoms with Gasteiger partial charge in [0.05, 0.1) is 13.7 Å². The van der Waals surface area contributed by atoms with Crippen molar-refractivity contribution in [2.75, 3.05) is 20.8 Å². The van der Waals surface area contributed by atoms with Crippen LogP contribution in [-0.4, -0.2) is 63.9 Å². The van der Waals surface area contributed by atoms with E-state index in [1.54, 1.807) is 18.0 Å². The van der Waals surface area contributed by atoms with E-state index in [0.29, 0.717) is 41.8 Å². The van der Waals surface area contributed by atoms with Crippen molar-refractivity contribution in [1.82, 2.24) is 35.8 Å². The highest BCUT2D eigenvalue weighted by atomic mass is 16.5. The van der Waals surface area contributed by atoms with Crippen LogP contribution < -0.4 is 15.4 Å². The molecule has 196 valence electrons. The number of ether oxygens (including phenoxy) is 2. The molecule has 2 N–H and O–H groups in total. The maximum Gasteiger partial charge on any atom is 0.270 e. The number of amides is 2. The zero-order valence-electron chi connectivity index (χ0n) is 21.4. The van der Waals surface area contributed by atoms with E-state index in [-0.39, 0.29) is 24.5 Å². The van der Waals surface area contributed by atoms with Gasteiger partial charge >= 0.3 is 0 Å². The van der Waals surface area contributed by atoms with Crippen LogP contribution in [0.4, 0.5) is 0 Å². The van der Waals surface area contributed by atoms with Crippen molar-refractivity contribution in [2.45, 2.75) is 51.7 Å². The Morgan fingerprint density at radius 2 is 1.92 bits per heavy atom. The summed E-state index contributed by atoms with van der Waals surface area (Å²) in [5.41, 5.74) is 2.60. The van der Waals surface area contributed by atoms with E-state index in [1.165, 1.54) is 7.11 Å². The van der Waals surface area contributed by atoms with Crippen LogP contribution in [0.2, 0.25) is 0 Å². The van der Waals surface area contributed by atoms with Crippen LogP contribution >= 0.6 is 0 Å². The first-order chi connectivity index (χ1) is 17.9. The Hall–Kier alpha value is -3.86. The highest BCUT2D eigenvalue weighted by Gasteiger charge is 2.23. The fraction of sp³-hybridized carbons (Fsp3) is 0.462. The maximum atomic E-state index is 12.8. The summed E-state index contributed by atoms with van der Waals surface area (Å²) in [7, 11) is 3.12. The van der Waals surface area contributed by atoms with E-state index in [9.17, 15) is 9.59 Å². The third-order valence-electron chi connectivity index (χ3n) is 6.39. The van der Waals surface area contributed by atoms with Gasteiger partial charge in [0.15, 0.2) is 0 Å². The molecule has 11 nitrogen and oxygen atoms in total. The number of nitrogens with one attached hydrogen (secondary N) is 2. The Balaban J connectivity index is 1.34. The lowest BCUT2D eigenvalue weighted by atomic mass is 9.86. The molecule has 1 aromatic carbocycles. The third-order valence-corrected chi connectivity index (χ3v) is 6.39. The van der Waals surface area contributed by atoms with Gasteiger partial charge in [0.2, 0.25) is 11.7 Å². The van der Waals surface area contributed by atoms with Crippen LogP contribution in [0.25, 0.3) is 11.4 Å². The second-order valence-electron chi connectivity index (χ2n) is 9.30. The van der Waals surface area contributed by atoms with Crippen molar-refractivity contribution in [2.24, 2.45) is 5.92 Å². The predicted molar refractivity (Wildman–Crippen MR) is 136 cm³/mol. The van der Waals surface area contributed by atoms with Crippen molar-refractivity contribution in [1.29, 1.82) is 0 Å². The minimum atomic E-state index is -0.283. The lowest BCUT2D eigenvalue weighted by Crippen LogP contribution is -2.39. The molecular formula is C26H33N7O4. The summed E-state index contributed by atoms with van der Waals surface area (Å²) in [6.45, 7) is 2.93. The number of nitrogens with zero attached hydrogens (tertiary/aromatic N) is 5. The molecule has 2 heterocycles. The summed E-state index contributed by atoms with van der Waals surface area (Å²) < 4.78 is 10.1. The molecular weight excluding hydrogens is 474 g/mol. The van der Waals surface area contributed by atoms with Crippen LogP contribution in [0.15, 0.2) is 36.4 Å². The fourth-order valence-electron chi connectivity index (χ4n) is 4.53. The summed E-state index contributed by atoms with van der Waals surface area (Å²) in [4.78, 5) is 30.5. The monoisotopic (exact) mass is 507 g/mol. The molecule has 37 heavy (non-hydrogen) atoms. The topological polar surface area (TPSA) is 133 Å². The molecule has 0 bridgehead atoms. The Morgan fingerprint density at radius 3 is 2.68 bits per heavy atom. The molecule has 1 saturated carbocycles. The molecule has 0 radical (unpaired) electrons. The number of tetrazole rings is 1. The van der Waals surface area contributed by atoms with Gasteiger partial charge in [-0.1, -0.05) is 12.1 Å². The quantitative estimate of drug-likeness (QED) is 0.427. The van der Waals surface area contributed by atoms with Crippen LogP contribution in [0.5, 0.6) is 5.75 Å². The van der Waals surface area contributed by atoms with Crippen molar-refractivity contribution >= 4 is 11.8 Å². The third kappa shape index (κ3) is 7.32. The second-order valence-corrected chi connectivity index (χ2v) is 9.30. The molecule has 2 aromatic heterocycles. The first-order valence-corrected chi connectivity index (χ1v) is 12.4. The predicted octanol–water partition coefficient (Wildman–Crippen LogP) is 2.30. The number of aromatic nitrogens is 5. The van der Waals surface area contributed by atoms with Crippen LogP contribution in [0.1, 0.15) is 47.4 Å². The number of benzene rings is 1. The van der Waals surface area contributed by atoms with E-state index in [2.05, 4.69) is 31.0 Å². The van der Waals surface area contributed by atoms with Gasteiger partial charge in [0.25, 0.3) is 5.91 Å². The largest absolute Gasteiger partial charge is 0.497 e. The van der Waals surface area contributed by atoms with E-state index in [0.717, 1.165) is 37.0 Å². The zero-order chi connectivity index (χ0) is 26.2. The molecule has 0 aliphatic heterocycles. The molecule has 2 amide bonds. The molecule has 0 saturated heterocycles. The number of carbonyl (C=O) groups is 2. The Bertz CT molecular complexity index is 1220. The maximum absolute atomic E-state index is 12.8. The number of carbonyl (C=O) groups excluding carboxylic acids is 2. The van der Waals surface area contributed by atoms with Gasteiger partial charge in [-0.05, 0) is 73.6 Å². The van der Waals surface area contributed by atoms with Gasteiger partial charge in [-0.25, -0.2) is 4.98 Å². The highest BCUT2D eigenvalue weighted by Crippen LogP contribution is 2.26. The summed E-state index contributed by atoms with van der Waals surface area (Å²) in [5, 5.41) is 18.9. The second kappa shape index (κ2) is 12.4. The van der Waals surface area contributed by atoms with Crippen molar-refractivity contribution in [3.63, 3.8) is 0 Å². The van der Waals surface area contributed by atoms with E-state index >= 15 is 0 Å². The average molecular weight is 508 g/mol. The first kappa shape index (κ1) is 26.2. The summed E-state index contributed by atoms with van der Waals surface area (Å²) in [6, 6.07) is 11.2. The van der Waals surface area contributed by atoms with Crippen LogP contribution in [0.3, 0.4) is 0 Å². The number of pyridine rings is 1. The van der Waals surface area contributed by atoms with E-state index in [1.807, 2.05) is 37.3 Å². The lowest BCUT2D eigenvalue weighted by molar-refractivity contribution is -0.125. The number of rotatable bonds is 10. The molecule has 0 unspecified atom stereocenters. The Labute approximate surface area is 216 Å². The van der Waals surface area contributed by atoms with Gasteiger partial charge in [-0.15, -0.1) is 10.2 Å². The van der Waals surface area contributed by atoms with Gasteiger partial charge in [-0.2, -0.15) is 4.80 Å².